The van der Waals surface area contributed by atoms with E-state index in [1.807, 2.05) is 0 Å². The Hall–Kier alpha value is -3.13. The topological polar surface area (TPSA) is 83.6 Å². The fraction of sp³-hybridized carbons (Fsp3) is 0.304. The first-order valence-electron chi connectivity index (χ1n) is 11.0. The maximum atomic E-state index is 14.5. The van der Waals surface area contributed by atoms with Gasteiger partial charge < -0.3 is 4.90 Å². The fourth-order valence-electron chi connectivity index (χ4n) is 3.74. The summed E-state index contributed by atoms with van der Waals surface area (Å²) >= 11 is 5.71. The lowest BCUT2D eigenvalue weighted by Gasteiger charge is -2.29. The highest BCUT2D eigenvalue weighted by Gasteiger charge is 2.41. The number of fused-ring (bicyclic) bond motifs is 1. The van der Waals surface area contributed by atoms with Gasteiger partial charge in [0, 0.05) is 35.5 Å². The lowest BCUT2D eigenvalue weighted by Crippen LogP contribution is -2.52. The van der Waals surface area contributed by atoms with Gasteiger partial charge in [0.05, 0.1) is 2.74 Å². The average molecular weight is 463 g/mol. The Labute approximate surface area is 190 Å². The Balaban J connectivity index is 1.52. The molecule has 1 fully saturated rings. The van der Waals surface area contributed by atoms with Crippen LogP contribution < -0.4 is 5.32 Å². The quantitative estimate of drug-likeness (QED) is 0.667. The Kier molecular flexibility index (Phi) is 5.15. The van der Waals surface area contributed by atoms with E-state index in [1.165, 1.54) is 24.3 Å². The standard InChI is InChI=1S/C23H19ClF2N2O4/c24-16-5-3-15(4-6-16)23(25,26)19(29)9-2-13-1-7-17-14(11-13)12-28(22(17)32)18-8-10-20(30)27-21(18)31/h1,3-7,11,18H,2,8-10,12H2,(H,27,30,31)/i7D,12D. The van der Waals surface area contributed by atoms with Crippen molar-refractivity contribution in [2.75, 3.05) is 0 Å². The van der Waals surface area contributed by atoms with Gasteiger partial charge in [-0.2, -0.15) is 8.78 Å². The molecule has 2 aromatic carbocycles. The third-order valence-electron chi connectivity index (χ3n) is 5.50. The highest BCUT2D eigenvalue weighted by Crippen LogP contribution is 2.32. The van der Waals surface area contributed by atoms with E-state index < -0.39 is 54.0 Å². The number of hydrogen-bond donors (Lipinski definition) is 1. The third-order valence-corrected chi connectivity index (χ3v) is 5.75. The first-order chi connectivity index (χ1) is 16.0. The van der Waals surface area contributed by atoms with Gasteiger partial charge in [-0.3, -0.25) is 24.5 Å². The number of piperidine rings is 1. The molecule has 2 atom stereocenters. The van der Waals surface area contributed by atoms with Crippen molar-refractivity contribution in [2.45, 2.75) is 44.2 Å². The Morgan fingerprint density at radius 2 is 1.97 bits per heavy atom. The summed E-state index contributed by atoms with van der Waals surface area (Å²) in [7, 11) is 0. The molecule has 2 aliphatic rings. The van der Waals surface area contributed by atoms with Crippen LogP contribution >= 0.6 is 11.6 Å². The van der Waals surface area contributed by atoms with E-state index in [1.54, 1.807) is 0 Å². The van der Waals surface area contributed by atoms with Crippen LogP contribution in [0.4, 0.5) is 8.78 Å². The largest absolute Gasteiger partial charge is 0.330 e. The molecule has 0 saturated carbocycles. The molecule has 1 saturated heterocycles. The number of halogens is 3. The first kappa shape index (κ1) is 19.5. The average Bonchev–Trinajstić information content (AvgIpc) is 3.03. The molecule has 2 aliphatic heterocycles. The summed E-state index contributed by atoms with van der Waals surface area (Å²) < 4.78 is 45.8. The van der Waals surface area contributed by atoms with E-state index in [-0.39, 0.29) is 41.5 Å². The maximum Gasteiger partial charge on any atom is 0.330 e. The van der Waals surface area contributed by atoms with Crippen molar-refractivity contribution in [1.29, 1.82) is 0 Å². The number of aryl methyl sites for hydroxylation is 1. The molecule has 2 heterocycles. The number of nitrogens with zero attached hydrogens (tertiary/aromatic N) is 1. The van der Waals surface area contributed by atoms with Gasteiger partial charge in [-0.1, -0.05) is 35.9 Å². The second-order valence-corrected chi connectivity index (χ2v) is 8.09. The van der Waals surface area contributed by atoms with E-state index in [0.29, 0.717) is 5.56 Å². The van der Waals surface area contributed by atoms with Crippen molar-refractivity contribution in [3.05, 3.63) is 69.7 Å². The molecular weight excluding hydrogens is 442 g/mol. The van der Waals surface area contributed by atoms with Crippen LogP contribution in [0.15, 0.2) is 42.4 Å². The number of benzene rings is 2. The molecule has 0 bridgehead atoms. The minimum Gasteiger partial charge on any atom is -0.322 e. The molecule has 6 nitrogen and oxygen atoms in total. The summed E-state index contributed by atoms with van der Waals surface area (Å²) in [5, 5.41) is 2.41. The number of nitrogens with one attached hydrogen (secondary N) is 1. The van der Waals surface area contributed by atoms with Crippen molar-refractivity contribution < 1.29 is 30.7 Å². The van der Waals surface area contributed by atoms with E-state index in [2.05, 4.69) is 5.32 Å². The van der Waals surface area contributed by atoms with Gasteiger partial charge in [0.15, 0.2) is 0 Å². The van der Waals surface area contributed by atoms with E-state index in [9.17, 15) is 28.0 Å². The zero-order valence-corrected chi connectivity index (χ0v) is 17.4. The van der Waals surface area contributed by atoms with Crippen molar-refractivity contribution in [2.24, 2.45) is 0 Å². The summed E-state index contributed by atoms with van der Waals surface area (Å²) in [4.78, 5) is 49.8. The molecule has 3 amide bonds. The number of ketones is 1. The maximum absolute atomic E-state index is 14.5. The van der Waals surface area contributed by atoms with Crippen LogP contribution in [0.3, 0.4) is 0 Å². The number of alkyl halides is 2. The minimum atomic E-state index is -3.72. The van der Waals surface area contributed by atoms with Crippen molar-refractivity contribution in [3.8, 4) is 0 Å². The highest BCUT2D eigenvalue weighted by atomic mass is 35.5. The monoisotopic (exact) mass is 462 g/mol. The van der Waals surface area contributed by atoms with E-state index in [4.69, 9.17) is 14.3 Å². The number of carbonyl (C=O) groups excluding carboxylic acids is 4. The predicted molar refractivity (Wildman–Crippen MR) is 111 cm³/mol. The summed E-state index contributed by atoms with van der Waals surface area (Å²) in [6.07, 6.45) is -0.567. The van der Waals surface area contributed by atoms with Crippen LogP contribution in [0, 0.1) is 0 Å². The number of Topliss-reactive ketones (excluding diaryl/α,β-unsaturated/α-hetero) is 1. The smallest absolute Gasteiger partial charge is 0.322 e. The lowest BCUT2D eigenvalue weighted by atomic mass is 9.97. The molecule has 2 unspecified atom stereocenters. The van der Waals surface area contributed by atoms with Crippen LogP contribution in [-0.4, -0.2) is 34.4 Å². The summed E-state index contributed by atoms with van der Waals surface area (Å²) in [5.41, 5.74) is -0.0201. The minimum absolute atomic E-state index is 0.0200. The number of amides is 3. The highest BCUT2D eigenvalue weighted by molar-refractivity contribution is 6.30. The second kappa shape index (κ2) is 8.43. The zero-order valence-electron chi connectivity index (χ0n) is 18.7. The summed E-state index contributed by atoms with van der Waals surface area (Å²) in [6.45, 7) is -1.30. The van der Waals surface area contributed by atoms with Crippen LogP contribution in [0.5, 0.6) is 0 Å². The van der Waals surface area contributed by atoms with Crippen molar-refractivity contribution in [3.63, 3.8) is 0 Å². The van der Waals surface area contributed by atoms with Crippen molar-refractivity contribution >= 4 is 35.1 Å². The van der Waals surface area contributed by atoms with Gasteiger partial charge >= 0.3 is 5.92 Å². The van der Waals surface area contributed by atoms with Gasteiger partial charge in [-0.15, -0.1) is 0 Å². The van der Waals surface area contributed by atoms with Gasteiger partial charge in [0.2, 0.25) is 17.6 Å². The van der Waals surface area contributed by atoms with Gasteiger partial charge in [-0.25, -0.2) is 0 Å². The molecule has 166 valence electrons. The molecule has 0 aliphatic carbocycles. The number of rotatable bonds is 6. The Bertz CT molecular complexity index is 1210. The normalized spacial score (nSPS) is 21.7. The van der Waals surface area contributed by atoms with E-state index in [0.717, 1.165) is 17.0 Å². The lowest BCUT2D eigenvalue weighted by molar-refractivity contribution is -0.144. The molecule has 0 aromatic heterocycles. The number of imide groups is 1. The molecule has 1 N–H and O–H groups in total. The Morgan fingerprint density at radius 3 is 2.66 bits per heavy atom. The second-order valence-electron chi connectivity index (χ2n) is 7.65. The van der Waals surface area contributed by atoms with Crippen molar-refractivity contribution in [1.82, 2.24) is 10.2 Å². The molecule has 0 spiro atoms. The van der Waals surface area contributed by atoms with Gasteiger partial charge in [-0.05, 0) is 42.1 Å². The molecule has 0 radical (unpaired) electrons. The fourth-order valence-corrected chi connectivity index (χ4v) is 3.87. The number of hydrogen-bond acceptors (Lipinski definition) is 4. The third kappa shape index (κ3) is 4.14. The van der Waals surface area contributed by atoms with Crippen LogP contribution in [0.25, 0.3) is 0 Å². The molecular formula is C23H19ClF2N2O4. The molecule has 32 heavy (non-hydrogen) atoms. The van der Waals surface area contributed by atoms with Gasteiger partial charge in [0.25, 0.3) is 5.91 Å². The predicted octanol–water partition coefficient (Wildman–Crippen LogP) is 3.39. The van der Waals surface area contributed by atoms with Crippen LogP contribution in [0.2, 0.25) is 5.02 Å². The molecule has 9 heteroatoms. The number of carbonyl (C=O) groups is 4. The summed E-state index contributed by atoms with van der Waals surface area (Å²) in [5.74, 6) is -6.86. The zero-order chi connectivity index (χ0) is 24.8. The van der Waals surface area contributed by atoms with Crippen LogP contribution in [-0.2, 0) is 33.2 Å². The first-order valence-corrected chi connectivity index (χ1v) is 10.3. The molecule has 2 aromatic rings. The van der Waals surface area contributed by atoms with Crippen LogP contribution in [0.1, 0.15) is 49.1 Å². The Morgan fingerprint density at radius 1 is 1.25 bits per heavy atom. The molecule has 4 rings (SSSR count). The van der Waals surface area contributed by atoms with Gasteiger partial charge in [0.1, 0.15) is 6.04 Å². The van der Waals surface area contributed by atoms with E-state index >= 15 is 0 Å². The summed E-state index contributed by atoms with van der Waals surface area (Å²) in [6, 6.07) is 6.18. The SMILES string of the molecule is [2H]c1cc(CCC(=O)C(F)(F)c2ccc(Cl)cc2)cc2c1C(=O)N(C1CCC(=O)NC1=O)C2[2H].